The molecule has 0 saturated heterocycles. The van der Waals surface area contributed by atoms with Crippen molar-refractivity contribution in [2.75, 3.05) is 0 Å². The lowest BCUT2D eigenvalue weighted by molar-refractivity contribution is 1.43. The van der Waals surface area contributed by atoms with Crippen LogP contribution in [-0.2, 0) is 0 Å². The SMILES string of the molecule is C=S.Cc1ccccc1.Cc1ccccc1-c1ccc2[nH]c3ccccc3c2c1C. The second-order valence-corrected chi connectivity index (χ2v) is 7.30. The smallest absolute Gasteiger partial charge is 0.0467 e. The van der Waals surface area contributed by atoms with Crippen molar-refractivity contribution in [3.05, 3.63) is 108 Å². The molecule has 0 unspecified atom stereocenters. The number of benzene rings is 4. The molecule has 5 aromatic rings. The van der Waals surface area contributed by atoms with E-state index in [0.717, 1.165) is 0 Å². The van der Waals surface area contributed by atoms with Crippen LogP contribution in [0.15, 0.2) is 91.0 Å². The number of hydrogen-bond acceptors (Lipinski definition) is 1. The van der Waals surface area contributed by atoms with Crippen LogP contribution in [0.3, 0.4) is 0 Å². The van der Waals surface area contributed by atoms with Crippen LogP contribution in [0.5, 0.6) is 0 Å². The van der Waals surface area contributed by atoms with E-state index in [4.69, 9.17) is 0 Å². The average molecular weight is 410 g/mol. The molecule has 0 aliphatic heterocycles. The average Bonchev–Trinajstić information content (AvgIpc) is 3.17. The highest BCUT2D eigenvalue weighted by Crippen LogP contribution is 2.35. The molecule has 4 aromatic carbocycles. The maximum atomic E-state index is 3.83. The normalized spacial score (nSPS) is 10.1. The molecule has 0 aliphatic carbocycles. The van der Waals surface area contributed by atoms with E-state index >= 15 is 0 Å². The van der Waals surface area contributed by atoms with Crippen molar-refractivity contribution in [2.45, 2.75) is 20.8 Å². The molecule has 30 heavy (non-hydrogen) atoms. The lowest BCUT2D eigenvalue weighted by Gasteiger charge is -2.10. The van der Waals surface area contributed by atoms with Crippen LogP contribution in [0.1, 0.15) is 16.7 Å². The Labute approximate surface area is 184 Å². The minimum atomic E-state index is 1.21. The van der Waals surface area contributed by atoms with Gasteiger partial charge in [-0.25, -0.2) is 0 Å². The van der Waals surface area contributed by atoms with Crippen LogP contribution >= 0.6 is 12.2 Å². The van der Waals surface area contributed by atoms with Gasteiger partial charge in [-0.05, 0) is 61.0 Å². The molecule has 0 amide bonds. The molecule has 5 rings (SSSR count). The number of aromatic amines is 1. The molecule has 2 heteroatoms. The summed E-state index contributed by atoms with van der Waals surface area (Å²) in [5.41, 5.74) is 9.05. The number of para-hydroxylation sites is 1. The number of fused-ring (bicyclic) bond motifs is 3. The highest BCUT2D eigenvalue weighted by molar-refractivity contribution is 7.77. The minimum Gasteiger partial charge on any atom is -0.355 e. The Morgan fingerprint density at radius 3 is 1.90 bits per heavy atom. The van der Waals surface area contributed by atoms with Gasteiger partial charge in [0.2, 0.25) is 0 Å². The lowest BCUT2D eigenvalue weighted by atomic mass is 9.94. The van der Waals surface area contributed by atoms with Gasteiger partial charge in [-0.15, -0.1) is 0 Å². The van der Waals surface area contributed by atoms with Gasteiger partial charge in [0, 0.05) is 21.8 Å². The zero-order valence-corrected chi connectivity index (χ0v) is 18.6. The van der Waals surface area contributed by atoms with Crippen molar-refractivity contribution < 1.29 is 0 Å². The van der Waals surface area contributed by atoms with E-state index < -0.39 is 0 Å². The van der Waals surface area contributed by atoms with Gasteiger partial charge in [0.15, 0.2) is 0 Å². The van der Waals surface area contributed by atoms with Gasteiger partial charge in [0.25, 0.3) is 0 Å². The van der Waals surface area contributed by atoms with Crippen LogP contribution in [-0.4, -0.2) is 10.9 Å². The van der Waals surface area contributed by atoms with Gasteiger partial charge < -0.3 is 4.98 Å². The summed E-state index contributed by atoms with van der Waals surface area (Å²) in [5.74, 6) is 2.83. The highest BCUT2D eigenvalue weighted by atomic mass is 32.1. The fourth-order valence-electron chi connectivity index (χ4n) is 3.82. The van der Waals surface area contributed by atoms with Gasteiger partial charge in [-0.2, -0.15) is 0 Å². The fraction of sp³-hybridized carbons (Fsp3) is 0.107. The van der Waals surface area contributed by atoms with E-state index in [1.165, 1.54) is 49.6 Å². The first-order valence-corrected chi connectivity index (χ1v) is 10.6. The van der Waals surface area contributed by atoms with E-state index in [2.05, 4.69) is 117 Å². The van der Waals surface area contributed by atoms with E-state index in [9.17, 15) is 0 Å². The molecule has 150 valence electrons. The second-order valence-electron chi connectivity index (χ2n) is 7.30. The second kappa shape index (κ2) is 10.00. The number of rotatable bonds is 1. The van der Waals surface area contributed by atoms with Crippen LogP contribution in [0, 0.1) is 20.8 Å². The Balaban J connectivity index is 0.000000241. The number of nitrogens with one attached hydrogen (secondary N) is 1. The summed E-state index contributed by atoms with van der Waals surface area (Å²) in [6.07, 6.45) is 0. The topological polar surface area (TPSA) is 15.8 Å². The van der Waals surface area contributed by atoms with Crippen LogP contribution in [0.4, 0.5) is 0 Å². The summed E-state index contributed by atoms with van der Waals surface area (Å²) in [6.45, 7) is 6.48. The van der Waals surface area contributed by atoms with Crippen LogP contribution in [0.25, 0.3) is 32.9 Å². The molecule has 1 aromatic heterocycles. The highest BCUT2D eigenvalue weighted by Gasteiger charge is 2.11. The van der Waals surface area contributed by atoms with Gasteiger partial charge in [0.05, 0.1) is 0 Å². The largest absolute Gasteiger partial charge is 0.355 e. The quantitative estimate of drug-likeness (QED) is 0.276. The molecular formula is C28H27NS. The summed E-state index contributed by atoms with van der Waals surface area (Å²) in [7, 11) is 0. The predicted molar refractivity (Wildman–Crippen MR) is 137 cm³/mol. The van der Waals surface area contributed by atoms with E-state index in [-0.39, 0.29) is 0 Å². The van der Waals surface area contributed by atoms with Crippen LogP contribution < -0.4 is 0 Å². The predicted octanol–water partition coefficient (Wildman–Crippen LogP) is 8.22. The molecule has 1 N–H and O–H groups in total. The standard InChI is InChI=1S/C20H17N.C7H8.CH2S/c1-13-7-3-4-8-15(13)16-11-12-19-20(14(16)2)17-9-5-6-10-18(17)21-19;1-7-5-3-2-4-6-7;1-2/h3-12,21H,1-2H3;2-6H,1H3;1H2. The first-order valence-electron chi connectivity index (χ1n) is 10.0. The first-order chi connectivity index (χ1) is 14.6. The minimum absolute atomic E-state index is 1.21. The lowest BCUT2D eigenvalue weighted by Crippen LogP contribution is -1.87. The molecule has 0 bridgehead atoms. The molecule has 1 heterocycles. The van der Waals surface area contributed by atoms with Gasteiger partial charge in [-0.3, -0.25) is 0 Å². The maximum absolute atomic E-state index is 3.83. The molecule has 0 aliphatic rings. The Kier molecular flexibility index (Phi) is 7.16. The van der Waals surface area contributed by atoms with Gasteiger partial charge >= 0.3 is 0 Å². The summed E-state index contributed by atoms with van der Waals surface area (Å²) in [5, 5.41) is 2.65. The zero-order chi connectivity index (χ0) is 21.5. The Morgan fingerprint density at radius 2 is 1.23 bits per heavy atom. The van der Waals surface area contributed by atoms with E-state index in [1.54, 1.807) is 0 Å². The fourth-order valence-corrected chi connectivity index (χ4v) is 3.82. The number of aromatic nitrogens is 1. The molecular weight excluding hydrogens is 382 g/mol. The molecule has 0 atom stereocenters. The Hall–Kier alpha value is -3.23. The van der Waals surface area contributed by atoms with Crippen molar-refractivity contribution in [3.63, 3.8) is 0 Å². The third-order valence-corrected chi connectivity index (χ3v) is 5.31. The Bertz CT molecular complexity index is 1250. The van der Waals surface area contributed by atoms with E-state index in [1.807, 2.05) is 18.2 Å². The Morgan fingerprint density at radius 1 is 0.600 bits per heavy atom. The zero-order valence-electron chi connectivity index (χ0n) is 17.8. The summed E-state index contributed by atoms with van der Waals surface area (Å²) < 4.78 is 0. The van der Waals surface area contributed by atoms with Crippen molar-refractivity contribution in [1.29, 1.82) is 0 Å². The van der Waals surface area contributed by atoms with Gasteiger partial charge in [-0.1, -0.05) is 96.6 Å². The van der Waals surface area contributed by atoms with E-state index in [0.29, 0.717) is 0 Å². The summed E-state index contributed by atoms with van der Waals surface area (Å²) >= 11 is 3.83. The molecule has 0 radical (unpaired) electrons. The third-order valence-electron chi connectivity index (χ3n) is 5.31. The molecule has 1 nitrogen and oxygen atoms in total. The molecule has 0 saturated carbocycles. The number of aryl methyl sites for hydroxylation is 3. The number of thiocarbonyl (C=S) groups is 1. The number of H-pyrrole nitrogens is 1. The number of hydrogen-bond donors (Lipinski definition) is 1. The van der Waals surface area contributed by atoms with Gasteiger partial charge in [0.1, 0.15) is 0 Å². The first kappa shape index (κ1) is 21.5. The monoisotopic (exact) mass is 409 g/mol. The van der Waals surface area contributed by atoms with Crippen molar-refractivity contribution in [3.8, 4) is 11.1 Å². The summed E-state index contributed by atoms with van der Waals surface area (Å²) in [6, 6.07) is 31.8. The van der Waals surface area contributed by atoms with Crippen molar-refractivity contribution in [2.24, 2.45) is 0 Å². The third kappa shape index (κ3) is 4.50. The van der Waals surface area contributed by atoms with Crippen molar-refractivity contribution in [1.82, 2.24) is 4.98 Å². The summed E-state index contributed by atoms with van der Waals surface area (Å²) in [4.78, 5) is 3.51. The maximum Gasteiger partial charge on any atom is 0.0467 e. The molecule has 0 spiro atoms. The van der Waals surface area contributed by atoms with Crippen molar-refractivity contribution >= 4 is 39.9 Å². The molecule has 0 fully saturated rings. The van der Waals surface area contributed by atoms with Crippen LogP contribution in [0.2, 0.25) is 0 Å².